The summed E-state index contributed by atoms with van der Waals surface area (Å²) in [5, 5.41) is 9.04. The van der Waals surface area contributed by atoms with Gasteiger partial charge >= 0.3 is 5.97 Å². The van der Waals surface area contributed by atoms with Crippen molar-refractivity contribution in [1.82, 2.24) is 14.1 Å². The molecular formula is C25H24N4O7S2. The molecule has 4 aromatic rings. The van der Waals surface area contributed by atoms with Gasteiger partial charge in [0.15, 0.2) is 5.69 Å². The lowest BCUT2D eigenvalue weighted by atomic mass is 10.2. The van der Waals surface area contributed by atoms with Crippen LogP contribution in [-0.2, 0) is 14.8 Å². The molecule has 38 heavy (non-hydrogen) atoms. The smallest absolute Gasteiger partial charge is 0.359 e. The van der Waals surface area contributed by atoms with Crippen molar-refractivity contribution in [2.75, 3.05) is 33.1 Å². The van der Waals surface area contributed by atoms with E-state index in [1.165, 1.54) is 45.5 Å². The number of aromatic nitrogens is 2. The number of sulfonamides is 1. The molecule has 0 aliphatic rings. The van der Waals surface area contributed by atoms with Crippen LogP contribution in [0.3, 0.4) is 0 Å². The predicted octanol–water partition coefficient (Wildman–Crippen LogP) is 3.14. The molecule has 0 saturated carbocycles. The second-order valence-electron chi connectivity index (χ2n) is 8.11. The highest BCUT2D eigenvalue weighted by Gasteiger charge is 2.24. The average Bonchev–Trinajstić information content (AvgIpc) is 3.33. The largest absolute Gasteiger partial charge is 0.497 e. The van der Waals surface area contributed by atoms with E-state index in [9.17, 15) is 22.8 Å². The third-order valence-corrected chi connectivity index (χ3v) is 8.27. The van der Waals surface area contributed by atoms with Crippen LogP contribution in [0.15, 0.2) is 63.6 Å². The minimum atomic E-state index is -3.66. The lowest BCUT2D eigenvalue weighted by Gasteiger charge is -2.12. The van der Waals surface area contributed by atoms with E-state index in [2.05, 4.69) is 10.4 Å². The van der Waals surface area contributed by atoms with E-state index in [1.54, 1.807) is 36.6 Å². The van der Waals surface area contributed by atoms with Crippen molar-refractivity contribution in [3.8, 4) is 11.4 Å². The number of carbonyl (C=O) groups excluding carboxylic acids is 2. The summed E-state index contributed by atoms with van der Waals surface area (Å²) in [5.41, 5.74) is -0.121. The number of anilines is 1. The zero-order chi connectivity index (χ0) is 27.6. The normalized spacial score (nSPS) is 11.5. The van der Waals surface area contributed by atoms with Crippen LogP contribution in [0.1, 0.15) is 27.8 Å². The van der Waals surface area contributed by atoms with Gasteiger partial charge in [-0.2, -0.15) is 9.78 Å². The molecule has 1 amide bonds. The Hall–Kier alpha value is -4.07. The summed E-state index contributed by atoms with van der Waals surface area (Å²) in [6.07, 6.45) is 0. The fourth-order valence-electron chi connectivity index (χ4n) is 3.57. The Balaban J connectivity index is 1.79. The molecular weight excluding hydrogens is 532 g/mol. The minimum Gasteiger partial charge on any atom is -0.497 e. The molecule has 0 spiro atoms. The number of hydrogen-bond acceptors (Lipinski definition) is 9. The number of methoxy groups -OCH3 is 1. The van der Waals surface area contributed by atoms with Gasteiger partial charge in [-0.1, -0.05) is 6.07 Å². The van der Waals surface area contributed by atoms with E-state index < -0.39 is 27.5 Å². The second-order valence-corrected chi connectivity index (χ2v) is 11.1. The van der Waals surface area contributed by atoms with E-state index >= 15 is 0 Å². The van der Waals surface area contributed by atoms with E-state index in [4.69, 9.17) is 9.47 Å². The van der Waals surface area contributed by atoms with Crippen LogP contribution in [0.2, 0.25) is 0 Å². The van der Waals surface area contributed by atoms with Gasteiger partial charge in [-0.25, -0.2) is 17.5 Å². The molecule has 0 fully saturated rings. The van der Waals surface area contributed by atoms with Crippen LogP contribution in [0.4, 0.5) is 5.00 Å². The topological polar surface area (TPSA) is 137 Å². The van der Waals surface area contributed by atoms with Crippen LogP contribution in [0.25, 0.3) is 16.5 Å². The number of thiophene rings is 1. The number of hydrogen-bond donors (Lipinski definition) is 1. The molecule has 198 valence electrons. The van der Waals surface area contributed by atoms with Gasteiger partial charge in [0, 0.05) is 36.5 Å². The molecule has 0 aliphatic carbocycles. The van der Waals surface area contributed by atoms with Crippen LogP contribution >= 0.6 is 11.3 Å². The highest BCUT2D eigenvalue weighted by Crippen LogP contribution is 2.31. The molecule has 0 radical (unpaired) electrons. The van der Waals surface area contributed by atoms with Gasteiger partial charge in [0.1, 0.15) is 10.8 Å². The third kappa shape index (κ3) is 5.03. The van der Waals surface area contributed by atoms with Crippen LogP contribution in [0, 0.1) is 0 Å². The lowest BCUT2D eigenvalue weighted by Crippen LogP contribution is -2.25. The summed E-state index contributed by atoms with van der Waals surface area (Å²) in [6, 6.07) is 12.0. The standard InChI is InChI=1S/C25H24N4O7S2/c1-5-36-25(32)21-19-14-37-23(20(19)24(31)29(27-21)16-7-6-8-17(13-16)35-4)26-22(30)15-9-11-18(12-10-15)38(33,34)28(2)3/h6-14H,5H2,1-4H3,(H,26,30). The highest BCUT2D eigenvalue weighted by molar-refractivity contribution is 7.89. The summed E-state index contributed by atoms with van der Waals surface area (Å²) in [7, 11) is 0.650. The number of fused-ring (bicyclic) bond motifs is 1. The average molecular weight is 557 g/mol. The summed E-state index contributed by atoms with van der Waals surface area (Å²) < 4.78 is 37.1. The van der Waals surface area contributed by atoms with E-state index in [1.807, 2.05) is 0 Å². The first kappa shape index (κ1) is 27.0. The van der Waals surface area contributed by atoms with Crippen molar-refractivity contribution in [2.45, 2.75) is 11.8 Å². The Bertz CT molecular complexity index is 1690. The fourth-order valence-corrected chi connectivity index (χ4v) is 5.41. The number of carbonyl (C=O) groups is 2. The number of amides is 1. The van der Waals surface area contributed by atoms with Gasteiger partial charge < -0.3 is 14.8 Å². The molecule has 0 bridgehead atoms. The number of benzene rings is 2. The fraction of sp³-hybridized carbons (Fsp3) is 0.200. The first-order valence-corrected chi connectivity index (χ1v) is 13.6. The van der Waals surface area contributed by atoms with Crippen molar-refractivity contribution in [3.63, 3.8) is 0 Å². The maximum absolute atomic E-state index is 13.6. The van der Waals surface area contributed by atoms with Crippen LogP contribution in [0.5, 0.6) is 5.75 Å². The molecule has 2 aromatic heterocycles. The molecule has 0 aliphatic heterocycles. The zero-order valence-corrected chi connectivity index (χ0v) is 22.6. The van der Waals surface area contributed by atoms with Crippen molar-refractivity contribution >= 4 is 49.0 Å². The molecule has 2 aromatic carbocycles. The molecule has 1 N–H and O–H groups in total. The molecule has 0 saturated heterocycles. The Morgan fingerprint density at radius 2 is 1.84 bits per heavy atom. The Labute approximate surface area is 222 Å². The van der Waals surface area contributed by atoms with Gasteiger partial charge in [0.25, 0.3) is 11.5 Å². The van der Waals surface area contributed by atoms with Gasteiger partial charge in [0.05, 0.1) is 29.7 Å². The monoisotopic (exact) mass is 556 g/mol. The Morgan fingerprint density at radius 1 is 1.13 bits per heavy atom. The quantitative estimate of drug-likeness (QED) is 0.327. The summed E-state index contributed by atoms with van der Waals surface area (Å²) in [4.78, 5) is 39.4. The van der Waals surface area contributed by atoms with Crippen molar-refractivity contribution in [3.05, 3.63) is 75.5 Å². The molecule has 0 atom stereocenters. The van der Waals surface area contributed by atoms with Crippen molar-refractivity contribution in [1.29, 1.82) is 0 Å². The Morgan fingerprint density at radius 3 is 2.47 bits per heavy atom. The van der Waals surface area contributed by atoms with Gasteiger partial charge in [-0.15, -0.1) is 11.3 Å². The molecule has 13 heteroatoms. The molecule has 4 rings (SSSR count). The second kappa shape index (κ2) is 10.7. The number of rotatable bonds is 8. The minimum absolute atomic E-state index is 0.0342. The number of ether oxygens (including phenoxy) is 2. The van der Waals surface area contributed by atoms with Crippen molar-refractivity contribution < 1.29 is 27.5 Å². The van der Waals surface area contributed by atoms with E-state index in [0.717, 1.165) is 20.3 Å². The van der Waals surface area contributed by atoms with Crippen molar-refractivity contribution in [2.24, 2.45) is 0 Å². The van der Waals surface area contributed by atoms with E-state index in [-0.39, 0.29) is 38.5 Å². The summed E-state index contributed by atoms with van der Waals surface area (Å²) in [5.74, 6) is -0.806. The maximum atomic E-state index is 13.6. The van der Waals surface area contributed by atoms with Gasteiger partial charge in [0.2, 0.25) is 10.0 Å². The van der Waals surface area contributed by atoms with E-state index in [0.29, 0.717) is 11.4 Å². The molecule has 2 heterocycles. The first-order valence-electron chi connectivity index (χ1n) is 11.3. The zero-order valence-electron chi connectivity index (χ0n) is 20.9. The molecule has 11 nitrogen and oxygen atoms in total. The highest BCUT2D eigenvalue weighted by atomic mass is 32.2. The number of esters is 1. The maximum Gasteiger partial charge on any atom is 0.359 e. The number of nitrogens with zero attached hydrogens (tertiary/aromatic N) is 3. The Kier molecular flexibility index (Phi) is 7.62. The van der Waals surface area contributed by atoms with Crippen LogP contribution in [-0.4, -0.2) is 62.2 Å². The van der Waals surface area contributed by atoms with Gasteiger partial charge in [-0.3, -0.25) is 9.59 Å². The molecule has 0 unspecified atom stereocenters. The summed E-state index contributed by atoms with van der Waals surface area (Å²) >= 11 is 1.05. The van der Waals surface area contributed by atoms with Gasteiger partial charge in [-0.05, 0) is 43.3 Å². The lowest BCUT2D eigenvalue weighted by molar-refractivity contribution is 0.0520. The summed E-state index contributed by atoms with van der Waals surface area (Å²) in [6.45, 7) is 1.76. The first-order chi connectivity index (χ1) is 18.1. The SMILES string of the molecule is CCOC(=O)c1nn(-c2cccc(OC)c2)c(=O)c2c(NC(=O)c3ccc(S(=O)(=O)N(C)C)cc3)scc12. The predicted molar refractivity (Wildman–Crippen MR) is 143 cm³/mol. The van der Waals surface area contributed by atoms with Crippen LogP contribution < -0.4 is 15.6 Å². The third-order valence-electron chi connectivity index (χ3n) is 5.54. The number of nitrogens with one attached hydrogen (secondary N) is 1.